The Balaban J connectivity index is 2.12. The van der Waals surface area contributed by atoms with Gasteiger partial charge in [-0.15, -0.1) is 0 Å². The predicted molar refractivity (Wildman–Crippen MR) is 49.6 cm³/mol. The largest absolute Gasteiger partial charge is 0.510 e. The lowest BCUT2D eigenvalue weighted by Crippen LogP contribution is -2.31. The van der Waals surface area contributed by atoms with E-state index in [9.17, 15) is 0 Å². The molecule has 0 bridgehead atoms. The average molecular weight is 180 g/mol. The van der Waals surface area contributed by atoms with Gasteiger partial charge in [-0.2, -0.15) is 5.10 Å². The van der Waals surface area contributed by atoms with Crippen molar-refractivity contribution in [3.63, 3.8) is 0 Å². The van der Waals surface area contributed by atoms with E-state index in [1.165, 1.54) is 12.8 Å². The molecule has 0 spiro atoms. The van der Waals surface area contributed by atoms with Gasteiger partial charge in [-0.1, -0.05) is 12.8 Å². The Bertz CT molecular complexity index is 281. The second-order valence-corrected chi connectivity index (χ2v) is 3.53. The molecule has 1 aromatic rings. The Morgan fingerprint density at radius 2 is 2.08 bits per heavy atom. The summed E-state index contributed by atoms with van der Waals surface area (Å²) >= 11 is 0. The molecule has 0 aliphatic heterocycles. The first-order valence-corrected chi connectivity index (χ1v) is 4.68. The van der Waals surface area contributed by atoms with Gasteiger partial charge < -0.3 is 10.0 Å². The minimum absolute atomic E-state index is 0.340. The van der Waals surface area contributed by atoms with Crippen molar-refractivity contribution in [3.8, 4) is 0 Å². The Labute approximate surface area is 77.3 Å². The van der Waals surface area contributed by atoms with Crippen LogP contribution in [0, 0.1) is 0 Å². The molecule has 2 N–H and O–H groups in total. The Morgan fingerprint density at radius 1 is 1.38 bits per heavy atom. The normalized spacial score (nSPS) is 18.0. The highest BCUT2D eigenvalue weighted by atomic mass is 16.4. The van der Waals surface area contributed by atoms with Crippen LogP contribution in [0.2, 0.25) is 0 Å². The zero-order chi connectivity index (χ0) is 9.26. The van der Waals surface area contributed by atoms with E-state index in [1.807, 2.05) is 10.9 Å². The van der Waals surface area contributed by atoms with Crippen LogP contribution in [-0.2, 0) is 0 Å². The van der Waals surface area contributed by atoms with Crippen LogP contribution in [-0.4, -0.2) is 26.9 Å². The van der Waals surface area contributed by atoms with Crippen molar-refractivity contribution < 1.29 is 10.0 Å². The van der Waals surface area contributed by atoms with Crippen LogP contribution in [0.3, 0.4) is 0 Å². The van der Waals surface area contributed by atoms with Crippen molar-refractivity contribution >= 4 is 12.7 Å². The third-order valence-corrected chi connectivity index (χ3v) is 2.59. The molecule has 0 aromatic carbocycles. The van der Waals surface area contributed by atoms with Gasteiger partial charge in [-0.05, 0) is 18.9 Å². The summed E-state index contributed by atoms with van der Waals surface area (Å²) < 4.78 is 1.85. The molecule has 70 valence electrons. The molecule has 1 aliphatic rings. The van der Waals surface area contributed by atoms with Crippen molar-refractivity contribution in [2.75, 3.05) is 0 Å². The van der Waals surface area contributed by atoms with Gasteiger partial charge in [-0.3, -0.25) is 4.68 Å². The molecule has 1 fully saturated rings. The fourth-order valence-electron chi connectivity index (χ4n) is 1.86. The molecular weight excluding hydrogens is 167 g/mol. The van der Waals surface area contributed by atoms with Crippen LogP contribution in [0.25, 0.3) is 0 Å². The van der Waals surface area contributed by atoms with Gasteiger partial charge >= 0.3 is 7.12 Å². The number of aromatic nitrogens is 2. The van der Waals surface area contributed by atoms with Crippen LogP contribution >= 0.6 is 0 Å². The van der Waals surface area contributed by atoms with Gasteiger partial charge in [0, 0.05) is 6.20 Å². The molecule has 0 saturated heterocycles. The third-order valence-electron chi connectivity index (χ3n) is 2.59. The fraction of sp³-hybridized carbons (Fsp3) is 0.625. The van der Waals surface area contributed by atoms with Gasteiger partial charge in [0.1, 0.15) is 0 Å². The lowest BCUT2D eigenvalue weighted by molar-refractivity contribution is 0.420. The number of hydrogen-bond acceptors (Lipinski definition) is 3. The van der Waals surface area contributed by atoms with E-state index in [0.29, 0.717) is 11.6 Å². The molecule has 2 rings (SSSR count). The van der Waals surface area contributed by atoms with Gasteiger partial charge in [0.2, 0.25) is 0 Å². The number of nitrogens with zero attached hydrogens (tertiary/aromatic N) is 2. The topological polar surface area (TPSA) is 58.3 Å². The first-order valence-electron chi connectivity index (χ1n) is 4.68. The predicted octanol–water partition coefficient (Wildman–Crippen LogP) is -0.322. The molecule has 0 radical (unpaired) electrons. The van der Waals surface area contributed by atoms with E-state index >= 15 is 0 Å². The fourth-order valence-corrected chi connectivity index (χ4v) is 1.86. The number of rotatable bonds is 2. The molecule has 0 unspecified atom stereocenters. The monoisotopic (exact) mass is 180 g/mol. The molecule has 0 amide bonds. The molecule has 1 saturated carbocycles. The van der Waals surface area contributed by atoms with Crippen LogP contribution in [0.5, 0.6) is 0 Å². The lowest BCUT2D eigenvalue weighted by Gasteiger charge is -2.08. The highest BCUT2D eigenvalue weighted by molar-refractivity contribution is 6.57. The summed E-state index contributed by atoms with van der Waals surface area (Å²) in [5.41, 5.74) is 0.340. The van der Waals surface area contributed by atoms with Crippen molar-refractivity contribution in [1.29, 1.82) is 0 Å². The molecular formula is C8H13BN2O2. The first-order chi connectivity index (χ1) is 6.27. The van der Waals surface area contributed by atoms with Crippen LogP contribution in [0.4, 0.5) is 0 Å². The van der Waals surface area contributed by atoms with E-state index in [4.69, 9.17) is 10.0 Å². The van der Waals surface area contributed by atoms with Crippen LogP contribution in [0.15, 0.2) is 12.3 Å². The molecule has 1 aromatic heterocycles. The number of hydrogen-bond donors (Lipinski definition) is 2. The van der Waals surface area contributed by atoms with E-state index in [2.05, 4.69) is 5.10 Å². The zero-order valence-electron chi connectivity index (χ0n) is 7.43. The Kier molecular flexibility index (Phi) is 2.37. The molecule has 1 heterocycles. The maximum absolute atomic E-state index is 8.86. The molecule has 4 nitrogen and oxygen atoms in total. The summed E-state index contributed by atoms with van der Waals surface area (Å²) in [4.78, 5) is 0. The SMILES string of the molecule is OB(O)c1ccn(C2CCCC2)n1. The standard InChI is InChI=1S/C8H13BN2O2/c12-9(13)8-5-6-11(10-8)7-3-1-2-4-7/h5-7,12-13H,1-4H2. The van der Waals surface area contributed by atoms with Crippen molar-refractivity contribution in [2.24, 2.45) is 0 Å². The summed E-state index contributed by atoms with van der Waals surface area (Å²) in [6.45, 7) is 0. The summed E-state index contributed by atoms with van der Waals surface area (Å²) in [6, 6.07) is 2.12. The second-order valence-electron chi connectivity index (χ2n) is 3.53. The maximum atomic E-state index is 8.86. The minimum atomic E-state index is -1.44. The van der Waals surface area contributed by atoms with Gasteiger partial charge in [0.05, 0.1) is 11.6 Å². The Morgan fingerprint density at radius 3 is 2.62 bits per heavy atom. The quantitative estimate of drug-likeness (QED) is 0.613. The van der Waals surface area contributed by atoms with E-state index in [-0.39, 0.29) is 0 Å². The van der Waals surface area contributed by atoms with Gasteiger partial charge in [0.15, 0.2) is 0 Å². The lowest BCUT2D eigenvalue weighted by atomic mass is 9.87. The first kappa shape index (κ1) is 8.78. The van der Waals surface area contributed by atoms with Crippen LogP contribution < -0.4 is 5.59 Å². The van der Waals surface area contributed by atoms with Gasteiger partial charge in [-0.25, -0.2) is 0 Å². The van der Waals surface area contributed by atoms with Crippen molar-refractivity contribution in [3.05, 3.63) is 12.3 Å². The van der Waals surface area contributed by atoms with E-state index < -0.39 is 7.12 Å². The Hall–Kier alpha value is -0.805. The third kappa shape index (κ3) is 1.76. The van der Waals surface area contributed by atoms with E-state index in [0.717, 1.165) is 12.8 Å². The van der Waals surface area contributed by atoms with Crippen LogP contribution in [0.1, 0.15) is 31.7 Å². The summed E-state index contributed by atoms with van der Waals surface area (Å²) in [6.07, 6.45) is 6.64. The van der Waals surface area contributed by atoms with Gasteiger partial charge in [0.25, 0.3) is 0 Å². The van der Waals surface area contributed by atoms with Crippen molar-refractivity contribution in [2.45, 2.75) is 31.7 Å². The second kappa shape index (κ2) is 3.51. The summed E-state index contributed by atoms with van der Waals surface area (Å²) in [5, 5.41) is 21.8. The smallest absolute Gasteiger partial charge is 0.422 e. The maximum Gasteiger partial charge on any atom is 0.510 e. The molecule has 13 heavy (non-hydrogen) atoms. The minimum Gasteiger partial charge on any atom is -0.422 e. The highest BCUT2D eigenvalue weighted by Crippen LogP contribution is 2.27. The average Bonchev–Trinajstić information content (AvgIpc) is 2.75. The molecule has 1 aliphatic carbocycles. The zero-order valence-corrected chi connectivity index (χ0v) is 7.43. The molecule has 0 atom stereocenters. The van der Waals surface area contributed by atoms with E-state index in [1.54, 1.807) is 6.07 Å². The van der Waals surface area contributed by atoms with Crippen molar-refractivity contribution in [1.82, 2.24) is 9.78 Å². The highest BCUT2D eigenvalue weighted by Gasteiger charge is 2.20. The summed E-state index contributed by atoms with van der Waals surface area (Å²) in [5.74, 6) is 0. The summed E-state index contributed by atoms with van der Waals surface area (Å²) in [7, 11) is -1.44. The molecule has 5 heteroatoms.